The molecule has 5 N–H and O–H groups in total. The monoisotopic (exact) mass is 277 g/mol. The van der Waals surface area contributed by atoms with Crippen LogP contribution in [0, 0.1) is 5.92 Å². The Morgan fingerprint density at radius 2 is 2.10 bits per heavy atom. The van der Waals surface area contributed by atoms with Crippen LogP contribution in [-0.2, 0) is 4.79 Å². The third-order valence-electron chi connectivity index (χ3n) is 3.18. The lowest BCUT2D eigenvalue weighted by Gasteiger charge is -2.09. The van der Waals surface area contributed by atoms with Gasteiger partial charge in [0.1, 0.15) is 18.2 Å². The fourth-order valence-corrected chi connectivity index (χ4v) is 1.62. The number of ether oxygens (including phenoxy) is 1. The number of benzene rings is 1. The van der Waals surface area contributed by atoms with Gasteiger partial charge in [0.15, 0.2) is 0 Å². The molecule has 1 fully saturated rings. The second-order valence-electron chi connectivity index (χ2n) is 5.06. The Morgan fingerprint density at radius 3 is 2.60 bits per heavy atom. The largest absolute Gasteiger partial charge is 0.493 e. The number of rotatable bonds is 6. The van der Waals surface area contributed by atoms with Gasteiger partial charge in [-0.25, -0.2) is 0 Å². The molecule has 0 aromatic heterocycles. The highest BCUT2D eigenvalue weighted by Crippen LogP contribution is 2.23. The minimum atomic E-state index is -0.876. The van der Waals surface area contributed by atoms with Gasteiger partial charge in [-0.15, -0.1) is 0 Å². The minimum absolute atomic E-state index is 0.133. The summed E-state index contributed by atoms with van der Waals surface area (Å²) in [6.07, 6.45) is 0.884. The Kier molecular flexibility index (Phi) is 4.24. The zero-order valence-electron chi connectivity index (χ0n) is 11.3. The van der Waals surface area contributed by atoms with Crippen LogP contribution in [0.1, 0.15) is 18.9 Å². The van der Waals surface area contributed by atoms with Crippen LogP contribution in [0.2, 0.25) is 0 Å². The number of hydrogen-bond donors (Lipinski definition) is 3. The van der Waals surface area contributed by atoms with E-state index < -0.39 is 11.9 Å². The van der Waals surface area contributed by atoms with Crippen LogP contribution >= 0.6 is 0 Å². The molecule has 1 aliphatic carbocycles. The van der Waals surface area contributed by atoms with Crippen LogP contribution in [0.3, 0.4) is 0 Å². The van der Waals surface area contributed by atoms with Gasteiger partial charge >= 0.3 is 5.97 Å². The molecule has 1 aliphatic rings. The molecule has 0 radical (unpaired) electrons. The van der Waals surface area contributed by atoms with E-state index in [1.807, 2.05) is 0 Å². The van der Waals surface area contributed by atoms with E-state index in [0.29, 0.717) is 11.6 Å². The Balaban J connectivity index is 1.92. The van der Waals surface area contributed by atoms with Crippen LogP contribution in [0.5, 0.6) is 5.75 Å². The molecule has 6 nitrogen and oxygen atoms in total. The van der Waals surface area contributed by atoms with Crippen molar-refractivity contribution in [3.63, 3.8) is 0 Å². The molecule has 2 rings (SSSR count). The van der Waals surface area contributed by atoms with Crippen molar-refractivity contribution in [1.29, 1.82) is 0 Å². The quantitative estimate of drug-likeness (QED) is 0.520. The molecule has 1 saturated carbocycles. The number of carboxylic acids is 1. The molecule has 0 bridgehead atoms. The van der Waals surface area contributed by atoms with E-state index in [1.54, 1.807) is 31.2 Å². The lowest BCUT2D eigenvalue weighted by molar-refractivity contribution is -0.142. The van der Waals surface area contributed by atoms with Crippen molar-refractivity contribution < 1.29 is 14.6 Å². The zero-order chi connectivity index (χ0) is 14.7. The third kappa shape index (κ3) is 3.71. The van der Waals surface area contributed by atoms with Gasteiger partial charge in [-0.2, -0.15) is 0 Å². The van der Waals surface area contributed by atoms with Crippen molar-refractivity contribution >= 4 is 11.8 Å². The zero-order valence-corrected chi connectivity index (χ0v) is 11.3. The average Bonchev–Trinajstić information content (AvgIpc) is 3.11. The Bertz CT molecular complexity index is 513. The highest BCUT2D eigenvalue weighted by Gasteiger charge is 2.33. The number of aliphatic imine (C=N–C) groups is 1. The molecule has 20 heavy (non-hydrogen) atoms. The van der Waals surface area contributed by atoms with Crippen molar-refractivity contribution in [2.24, 2.45) is 22.4 Å². The van der Waals surface area contributed by atoms with Crippen LogP contribution in [0.15, 0.2) is 29.3 Å². The van der Waals surface area contributed by atoms with Gasteiger partial charge in [0.25, 0.3) is 0 Å². The van der Waals surface area contributed by atoms with Gasteiger partial charge in [0, 0.05) is 11.6 Å². The fourth-order valence-electron chi connectivity index (χ4n) is 1.62. The second-order valence-corrected chi connectivity index (χ2v) is 5.06. The summed E-state index contributed by atoms with van der Waals surface area (Å²) in [6, 6.07) is 7.37. The first kappa shape index (κ1) is 14.3. The van der Waals surface area contributed by atoms with Crippen LogP contribution in [0.4, 0.5) is 0 Å². The van der Waals surface area contributed by atoms with Crippen LogP contribution in [0.25, 0.3) is 0 Å². The summed E-state index contributed by atoms with van der Waals surface area (Å²) in [5.41, 5.74) is 12.4. The molecular formula is C14H19N3O3. The van der Waals surface area contributed by atoms with Crippen molar-refractivity contribution in [1.82, 2.24) is 0 Å². The lowest BCUT2D eigenvalue weighted by atomic mass is 10.2. The maximum Gasteiger partial charge on any atom is 0.309 e. The summed E-state index contributed by atoms with van der Waals surface area (Å²) >= 11 is 0. The maximum absolute atomic E-state index is 10.7. The van der Waals surface area contributed by atoms with E-state index >= 15 is 0 Å². The van der Waals surface area contributed by atoms with E-state index in [4.69, 9.17) is 21.3 Å². The van der Waals surface area contributed by atoms with E-state index in [2.05, 4.69) is 4.99 Å². The normalized spacial score (nSPS) is 23.2. The van der Waals surface area contributed by atoms with E-state index in [-0.39, 0.29) is 18.7 Å². The molecule has 0 aliphatic heterocycles. The van der Waals surface area contributed by atoms with Gasteiger partial charge in [0.2, 0.25) is 0 Å². The molecule has 1 aromatic rings. The first-order valence-corrected chi connectivity index (χ1v) is 6.52. The topological polar surface area (TPSA) is 111 Å². The van der Waals surface area contributed by atoms with Crippen molar-refractivity contribution in [2.45, 2.75) is 25.4 Å². The fraction of sp³-hybridized carbons (Fsp3) is 0.429. The molecule has 6 heteroatoms. The van der Waals surface area contributed by atoms with Crippen molar-refractivity contribution in [3.8, 4) is 5.75 Å². The van der Waals surface area contributed by atoms with Gasteiger partial charge < -0.3 is 21.3 Å². The number of carboxylic acid groups (broad SMARTS) is 1. The predicted octanol–water partition coefficient (Wildman–Crippen LogP) is 0.591. The Morgan fingerprint density at radius 1 is 1.50 bits per heavy atom. The first-order valence-electron chi connectivity index (χ1n) is 6.52. The standard InChI is InChI=1S/C14H19N3O3/c1-8(14(18)19)7-20-10-4-2-9(3-5-10)13(16)17-12-6-11(12)15/h2-5,8,11-12H,6-7,15H2,1H3,(H2,16,17)(H,18,19)/t8-,11+,12+/m0/s1. The first-order chi connectivity index (χ1) is 9.47. The number of aliphatic carboxylic acids is 1. The lowest BCUT2D eigenvalue weighted by Crippen LogP contribution is -2.18. The molecule has 0 heterocycles. The summed E-state index contributed by atoms with van der Waals surface area (Å²) < 4.78 is 5.39. The van der Waals surface area contributed by atoms with E-state index in [1.165, 1.54) is 0 Å². The van der Waals surface area contributed by atoms with Gasteiger partial charge in [-0.3, -0.25) is 9.79 Å². The van der Waals surface area contributed by atoms with Crippen molar-refractivity contribution in [2.75, 3.05) is 6.61 Å². The SMILES string of the molecule is C[C@@H](COc1ccc(C(N)=N[C@@H]2C[C@H]2N)cc1)C(=O)O. The molecule has 3 atom stereocenters. The molecule has 0 saturated heterocycles. The van der Waals surface area contributed by atoms with Gasteiger partial charge in [-0.1, -0.05) is 0 Å². The Labute approximate surface area is 117 Å². The molecule has 0 spiro atoms. The van der Waals surface area contributed by atoms with Crippen molar-refractivity contribution in [3.05, 3.63) is 29.8 Å². The third-order valence-corrected chi connectivity index (χ3v) is 3.18. The number of hydrogen-bond acceptors (Lipinski definition) is 4. The summed E-state index contributed by atoms with van der Waals surface area (Å²) in [4.78, 5) is 15.0. The maximum atomic E-state index is 10.7. The number of amidine groups is 1. The van der Waals surface area contributed by atoms with Gasteiger partial charge in [0.05, 0.1) is 12.0 Å². The van der Waals surface area contributed by atoms with E-state index in [9.17, 15) is 4.79 Å². The van der Waals surface area contributed by atoms with E-state index in [0.717, 1.165) is 12.0 Å². The summed E-state index contributed by atoms with van der Waals surface area (Å²) in [7, 11) is 0. The average molecular weight is 277 g/mol. The molecule has 0 unspecified atom stereocenters. The molecule has 108 valence electrons. The summed E-state index contributed by atoms with van der Waals surface area (Å²) in [5.74, 6) is -0.345. The Hall–Kier alpha value is -2.08. The van der Waals surface area contributed by atoms with Crippen LogP contribution in [-0.4, -0.2) is 35.6 Å². The highest BCUT2D eigenvalue weighted by molar-refractivity contribution is 5.97. The molecule has 0 amide bonds. The highest BCUT2D eigenvalue weighted by atomic mass is 16.5. The van der Waals surface area contributed by atoms with Gasteiger partial charge in [-0.05, 0) is 37.6 Å². The number of carbonyl (C=O) groups is 1. The minimum Gasteiger partial charge on any atom is -0.493 e. The summed E-state index contributed by atoms with van der Waals surface area (Å²) in [5, 5.41) is 8.77. The molecular weight excluding hydrogens is 258 g/mol. The second kappa shape index (κ2) is 5.92. The number of nitrogens with two attached hydrogens (primary N) is 2. The predicted molar refractivity (Wildman–Crippen MR) is 75.8 cm³/mol. The number of nitrogens with zero attached hydrogens (tertiary/aromatic N) is 1. The summed E-state index contributed by atoms with van der Waals surface area (Å²) in [6.45, 7) is 1.73. The smallest absolute Gasteiger partial charge is 0.309 e. The van der Waals surface area contributed by atoms with Crippen LogP contribution < -0.4 is 16.2 Å². The molecule has 1 aromatic carbocycles.